The third kappa shape index (κ3) is 4.59. The van der Waals surface area contributed by atoms with Gasteiger partial charge in [-0.05, 0) is 36.8 Å². The van der Waals surface area contributed by atoms with Crippen LogP contribution in [-0.4, -0.2) is 31.7 Å². The molecule has 0 aliphatic rings. The van der Waals surface area contributed by atoms with Crippen LogP contribution in [0.1, 0.15) is 36.5 Å². The molecule has 3 aromatic rings. The molecular formula is C21H22Cl2N2O3. The molecule has 0 saturated carbocycles. The molecule has 0 aliphatic heterocycles. The summed E-state index contributed by atoms with van der Waals surface area (Å²) >= 11 is 12.2. The first-order valence-electron chi connectivity index (χ1n) is 9.14. The van der Waals surface area contributed by atoms with Crippen molar-refractivity contribution in [2.75, 3.05) is 25.6 Å². The van der Waals surface area contributed by atoms with Crippen molar-refractivity contribution < 1.29 is 13.9 Å². The lowest BCUT2D eigenvalue weighted by atomic mass is 10.1. The van der Waals surface area contributed by atoms with Gasteiger partial charge in [0, 0.05) is 29.7 Å². The second-order valence-corrected chi connectivity index (χ2v) is 7.62. The van der Waals surface area contributed by atoms with Gasteiger partial charge in [0.25, 0.3) is 0 Å². The highest BCUT2D eigenvalue weighted by Crippen LogP contribution is 2.32. The number of halogens is 2. The van der Waals surface area contributed by atoms with Crippen LogP contribution < -0.4 is 4.90 Å². The summed E-state index contributed by atoms with van der Waals surface area (Å²) in [4.78, 5) is 19.0. The second-order valence-electron chi connectivity index (χ2n) is 6.75. The topological polar surface area (TPSA) is 55.6 Å². The van der Waals surface area contributed by atoms with E-state index >= 15 is 0 Å². The van der Waals surface area contributed by atoms with E-state index in [-0.39, 0.29) is 5.97 Å². The third-order valence-electron chi connectivity index (χ3n) is 4.30. The zero-order valence-electron chi connectivity index (χ0n) is 16.1. The van der Waals surface area contributed by atoms with E-state index in [1.165, 1.54) is 0 Å². The lowest BCUT2D eigenvalue weighted by molar-refractivity contribution is 0.0499. The Kier molecular flexibility index (Phi) is 6.47. The van der Waals surface area contributed by atoms with Crippen molar-refractivity contribution in [1.29, 1.82) is 0 Å². The van der Waals surface area contributed by atoms with Crippen molar-refractivity contribution in [2.24, 2.45) is 0 Å². The minimum Gasteiger partial charge on any atom is -0.462 e. The highest BCUT2D eigenvalue weighted by Gasteiger charge is 2.19. The highest BCUT2D eigenvalue weighted by atomic mass is 35.5. The summed E-state index contributed by atoms with van der Waals surface area (Å²) in [5, 5.41) is 0.991. The van der Waals surface area contributed by atoms with Gasteiger partial charge in [-0.3, -0.25) is 0 Å². The standard InChI is InChI=1S/C21H22Cl2N2O3/c1-4-5-6-7-27-21(26)16-11-19-17(12-18(16)25(2)3)24-20(28-19)13-8-14(22)10-15(23)9-13/h8-12H,4-7H2,1-3H3. The van der Waals surface area contributed by atoms with E-state index < -0.39 is 0 Å². The van der Waals surface area contributed by atoms with Gasteiger partial charge in [0.05, 0.1) is 17.9 Å². The predicted molar refractivity (Wildman–Crippen MR) is 114 cm³/mol. The van der Waals surface area contributed by atoms with Gasteiger partial charge in [-0.1, -0.05) is 43.0 Å². The van der Waals surface area contributed by atoms with Gasteiger partial charge in [0.15, 0.2) is 5.58 Å². The quantitative estimate of drug-likeness (QED) is 0.335. The summed E-state index contributed by atoms with van der Waals surface area (Å²) in [6, 6.07) is 8.60. The summed E-state index contributed by atoms with van der Waals surface area (Å²) in [7, 11) is 3.74. The Labute approximate surface area is 174 Å². The smallest absolute Gasteiger partial charge is 0.340 e. The number of carbonyl (C=O) groups is 1. The van der Waals surface area contributed by atoms with Gasteiger partial charge in [0.1, 0.15) is 5.52 Å². The number of fused-ring (bicyclic) bond motifs is 1. The van der Waals surface area contributed by atoms with Crippen LogP contribution in [0.2, 0.25) is 10.0 Å². The molecule has 0 unspecified atom stereocenters. The number of oxazole rings is 1. The number of nitrogens with zero attached hydrogens (tertiary/aromatic N) is 2. The largest absolute Gasteiger partial charge is 0.462 e. The fourth-order valence-corrected chi connectivity index (χ4v) is 3.42. The lowest BCUT2D eigenvalue weighted by Gasteiger charge is -2.16. The van der Waals surface area contributed by atoms with E-state index in [0.717, 1.165) is 24.9 Å². The number of anilines is 1. The van der Waals surface area contributed by atoms with E-state index in [1.807, 2.05) is 25.1 Å². The van der Waals surface area contributed by atoms with Gasteiger partial charge in [-0.25, -0.2) is 9.78 Å². The molecule has 1 aromatic heterocycles. The minimum absolute atomic E-state index is 0.370. The predicted octanol–water partition coefficient (Wildman–Crippen LogP) is 6.21. The zero-order chi connectivity index (χ0) is 20.3. The molecule has 3 rings (SSSR count). The number of hydrogen-bond donors (Lipinski definition) is 0. The molecule has 0 radical (unpaired) electrons. The van der Waals surface area contributed by atoms with Crippen molar-refractivity contribution in [3.8, 4) is 11.5 Å². The van der Waals surface area contributed by atoms with Crippen LogP contribution in [0.25, 0.3) is 22.6 Å². The van der Waals surface area contributed by atoms with E-state index in [1.54, 1.807) is 24.3 Å². The maximum atomic E-state index is 12.6. The van der Waals surface area contributed by atoms with Crippen LogP contribution in [0, 0.1) is 0 Å². The monoisotopic (exact) mass is 420 g/mol. The van der Waals surface area contributed by atoms with Gasteiger partial charge in [0.2, 0.25) is 5.89 Å². The molecule has 2 aromatic carbocycles. The molecule has 7 heteroatoms. The summed E-state index contributed by atoms with van der Waals surface area (Å²) in [6.07, 6.45) is 2.95. The SMILES string of the molecule is CCCCCOC(=O)c1cc2oc(-c3cc(Cl)cc(Cl)c3)nc2cc1N(C)C. The highest BCUT2D eigenvalue weighted by molar-refractivity contribution is 6.35. The van der Waals surface area contributed by atoms with Gasteiger partial charge >= 0.3 is 5.97 Å². The minimum atomic E-state index is -0.370. The van der Waals surface area contributed by atoms with Crippen molar-refractivity contribution in [1.82, 2.24) is 4.98 Å². The van der Waals surface area contributed by atoms with E-state index in [2.05, 4.69) is 11.9 Å². The maximum Gasteiger partial charge on any atom is 0.340 e. The Morgan fingerprint density at radius 3 is 2.46 bits per heavy atom. The van der Waals surface area contributed by atoms with E-state index in [9.17, 15) is 4.79 Å². The molecule has 0 N–H and O–H groups in total. The first kappa shape index (κ1) is 20.5. The van der Waals surface area contributed by atoms with Crippen molar-refractivity contribution in [3.63, 3.8) is 0 Å². The van der Waals surface area contributed by atoms with Gasteiger partial charge in [-0.15, -0.1) is 0 Å². The van der Waals surface area contributed by atoms with Crippen LogP contribution in [0.15, 0.2) is 34.7 Å². The number of carbonyl (C=O) groups excluding carboxylic acids is 1. The van der Waals surface area contributed by atoms with Crippen LogP contribution >= 0.6 is 23.2 Å². The first-order valence-corrected chi connectivity index (χ1v) is 9.90. The average molecular weight is 421 g/mol. The van der Waals surface area contributed by atoms with E-state index in [0.29, 0.717) is 44.8 Å². The van der Waals surface area contributed by atoms with Crippen LogP contribution in [0.4, 0.5) is 5.69 Å². The van der Waals surface area contributed by atoms with E-state index in [4.69, 9.17) is 32.4 Å². The molecule has 0 fully saturated rings. The molecule has 148 valence electrons. The Morgan fingerprint density at radius 2 is 1.82 bits per heavy atom. The molecule has 0 atom stereocenters. The van der Waals surface area contributed by atoms with Crippen LogP contribution in [-0.2, 0) is 4.74 Å². The number of benzene rings is 2. The molecule has 1 heterocycles. The Morgan fingerprint density at radius 1 is 1.11 bits per heavy atom. The molecular weight excluding hydrogens is 399 g/mol. The second kappa shape index (κ2) is 8.84. The molecule has 5 nitrogen and oxygen atoms in total. The van der Waals surface area contributed by atoms with Gasteiger partial charge < -0.3 is 14.1 Å². The lowest BCUT2D eigenvalue weighted by Crippen LogP contribution is -2.16. The number of aromatic nitrogens is 1. The summed E-state index contributed by atoms with van der Waals surface area (Å²) < 4.78 is 11.3. The number of ether oxygens (including phenoxy) is 1. The van der Waals surface area contributed by atoms with Crippen LogP contribution in [0.3, 0.4) is 0 Å². The molecule has 0 amide bonds. The Bertz CT molecular complexity index is 978. The Balaban J connectivity index is 1.98. The number of hydrogen-bond acceptors (Lipinski definition) is 5. The number of rotatable bonds is 7. The maximum absolute atomic E-state index is 12.6. The van der Waals surface area contributed by atoms with Crippen molar-refractivity contribution in [2.45, 2.75) is 26.2 Å². The van der Waals surface area contributed by atoms with Gasteiger partial charge in [-0.2, -0.15) is 0 Å². The molecule has 0 aliphatic carbocycles. The summed E-state index contributed by atoms with van der Waals surface area (Å²) in [5.74, 6) is 0.0167. The van der Waals surface area contributed by atoms with Crippen LogP contribution in [0.5, 0.6) is 0 Å². The summed E-state index contributed by atoms with van der Waals surface area (Å²) in [6.45, 7) is 2.51. The normalized spacial score (nSPS) is 11.0. The Hall–Kier alpha value is -2.24. The van der Waals surface area contributed by atoms with Crippen molar-refractivity contribution in [3.05, 3.63) is 45.9 Å². The summed E-state index contributed by atoms with van der Waals surface area (Å²) in [5.41, 5.74) is 2.97. The zero-order valence-corrected chi connectivity index (χ0v) is 17.6. The van der Waals surface area contributed by atoms with Crippen molar-refractivity contribution >= 4 is 46.0 Å². The third-order valence-corrected chi connectivity index (χ3v) is 4.73. The number of esters is 1. The number of unbranched alkanes of at least 4 members (excludes halogenated alkanes) is 2. The average Bonchev–Trinajstić information content (AvgIpc) is 3.06. The fraction of sp³-hybridized carbons (Fsp3) is 0.333. The first-order chi connectivity index (χ1) is 13.4. The molecule has 28 heavy (non-hydrogen) atoms. The molecule has 0 spiro atoms. The molecule has 0 bridgehead atoms. The molecule has 0 saturated heterocycles. The fourth-order valence-electron chi connectivity index (χ4n) is 2.89.